The van der Waals surface area contributed by atoms with Crippen LogP contribution in [0.1, 0.15) is 36.5 Å². The Morgan fingerprint density at radius 2 is 2.16 bits per heavy atom. The Labute approximate surface area is 115 Å². The van der Waals surface area contributed by atoms with E-state index in [1.807, 2.05) is 4.90 Å². The van der Waals surface area contributed by atoms with Crippen LogP contribution in [0, 0.1) is 13.8 Å². The first-order valence-corrected chi connectivity index (χ1v) is 7.08. The monoisotopic (exact) mass is 260 g/mol. The van der Waals surface area contributed by atoms with Gasteiger partial charge in [-0.25, -0.2) is 0 Å². The maximum Gasteiger partial charge on any atom is 0.227 e. The molecule has 2 atom stereocenters. The van der Waals surface area contributed by atoms with Crippen molar-refractivity contribution in [1.29, 1.82) is 0 Å². The van der Waals surface area contributed by atoms with Gasteiger partial charge in [0, 0.05) is 18.6 Å². The van der Waals surface area contributed by atoms with Crippen LogP contribution in [0.3, 0.4) is 0 Å². The molecule has 1 aromatic rings. The van der Waals surface area contributed by atoms with Crippen molar-refractivity contribution in [3.05, 3.63) is 34.9 Å². The fourth-order valence-electron chi connectivity index (χ4n) is 2.83. The lowest BCUT2D eigenvalue weighted by Gasteiger charge is -2.36. The minimum atomic E-state index is 0.230. The van der Waals surface area contributed by atoms with Crippen LogP contribution >= 0.6 is 0 Å². The Balaban J connectivity index is 2.06. The van der Waals surface area contributed by atoms with E-state index in [0.29, 0.717) is 6.42 Å². The maximum atomic E-state index is 12.4. The second-order valence-electron chi connectivity index (χ2n) is 5.83. The molecule has 19 heavy (non-hydrogen) atoms. The van der Waals surface area contributed by atoms with Gasteiger partial charge in [0.25, 0.3) is 0 Å². The summed E-state index contributed by atoms with van der Waals surface area (Å²) >= 11 is 0. The van der Waals surface area contributed by atoms with E-state index >= 15 is 0 Å². The summed E-state index contributed by atoms with van der Waals surface area (Å²) in [4.78, 5) is 14.4. The molecule has 0 unspecified atom stereocenters. The van der Waals surface area contributed by atoms with Crippen LogP contribution in [0.4, 0.5) is 0 Å². The molecule has 1 saturated heterocycles. The van der Waals surface area contributed by atoms with Crippen molar-refractivity contribution in [2.75, 3.05) is 6.54 Å². The molecule has 2 rings (SSSR count). The van der Waals surface area contributed by atoms with Crippen LogP contribution in [-0.2, 0) is 11.2 Å². The molecule has 1 aliphatic heterocycles. The predicted molar refractivity (Wildman–Crippen MR) is 78.0 cm³/mol. The van der Waals surface area contributed by atoms with Gasteiger partial charge in [0.15, 0.2) is 0 Å². The summed E-state index contributed by atoms with van der Waals surface area (Å²) in [6.07, 6.45) is 2.34. The Hall–Kier alpha value is -1.35. The average Bonchev–Trinajstić information content (AvgIpc) is 2.33. The Bertz CT molecular complexity index is 470. The third-order valence-electron chi connectivity index (χ3n) is 4.08. The predicted octanol–water partition coefficient (Wildman–Crippen LogP) is 2.18. The summed E-state index contributed by atoms with van der Waals surface area (Å²) in [7, 11) is 0. The molecule has 0 saturated carbocycles. The van der Waals surface area contributed by atoms with Crippen molar-refractivity contribution in [3.63, 3.8) is 0 Å². The average molecular weight is 260 g/mol. The number of hydrogen-bond acceptors (Lipinski definition) is 2. The number of hydrogen-bond donors (Lipinski definition) is 1. The molecule has 3 nitrogen and oxygen atoms in total. The first-order chi connectivity index (χ1) is 8.97. The normalized spacial score (nSPS) is 23.5. The summed E-state index contributed by atoms with van der Waals surface area (Å²) in [5, 5.41) is 0. The van der Waals surface area contributed by atoms with Gasteiger partial charge in [0.2, 0.25) is 5.91 Å². The highest BCUT2D eigenvalue weighted by molar-refractivity contribution is 5.79. The molecule has 0 spiro atoms. The van der Waals surface area contributed by atoms with Crippen LogP contribution in [0.2, 0.25) is 0 Å². The van der Waals surface area contributed by atoms with Crippen LogP contribution in [0.5, 0.6) is 0 Å². The molecule has 0 aliphatic carbocycles. The third-order valence-corrected chi connectivity index (χ3v) is 4.08. The number of rotatable bonds is 2. The van der Waals surface area contributed by atoms with E-state index in [-0.39, 0.29) is 18.0 Å². The highest BCUT2D eigenvalue weighted by Gasteiger charge is 2.26. The smallest absolute Gasteiger partial charge is 0.227 e. The lowest BCUT2D eigenvalue weighted by molar-refractivity contribution is -0.133. The fraction of sp³-hybridized carbons (Fsp3) is 0.562. The number of aryl methyl sites for hydroxylation is 2. The Morgan fingerprint density at radius 1 is 1.42 bits per heavy atom. The number of nitrogens with two attached hydrogens (primary N) is 1. The second-order valence-corrected chi connectivity index (χ2v) is 5.83. The summed E-state index contributed by atoms with van der Waals surface area (Å²) in [5.41, 5.74) is 9.50. The zero-order chi connectivity index (χ0) is 14.0. The quantitative estimate of drug-likeness (QED) is 0.886. The third kappa shape index (κ3) is 3.35. The van der Waals surface area contributed by atoms with E-state index in [1.165, 1.54) is 11.1 Å². The number of likely N-dealkylation sites (tertiary alicyclic amines) is 1. The van der Waals surface area contributed by atoms with E-state index < -0.39 is 0 Å². The van der Waals surface area contributed by atoms with E-state index in [9.17, 15) is 4.79 Å². The molecule has 1 aliphatic rings. The van der Waals surface area contributed by atoms with E-state index in [1.54, 1.807) is 0 Å². The molecule has 3 heteroatoms. The minimum absolute atomic E-state index is 0.230. The van der Waals surface area contributed by atoms with Crippen molar-refractivity contribution in [3.8, 4) is 0 Å². The Morgan fingerprint density at radius 3 is 2.84 bits per heavy atom. The van der Waals surface area contributed by atoms with Crippen molar-refractivity contribution in [2.24, 2.45) is 5.73 Å². The van der Waals surface area contributed by atoms with Crippen molar-refractivity contribution in [2.45, 2.75) is 52.1 Å². The molecule has 1 fully saturated rings. The first kappa shape index (κ1) is 14.1. The van der Waals surface area contributed by atoms with E-state index in [0.717, 1.165) is 24.9 Å². The number of carbonyl (C=O) groups is 1. The van der Waals surface area contributed by atoms with Crippen LogP contribution in [0.15, 0.2) is 18.2 Å². The number of piperidine rings is 1. The molecule has 0 bridgehead atoms. The Kier molecular flexibility index (Phi) is 4.25. The molecule has 1 amide bonds. The number of carbonyl (C=O) groups excluding carboxylic acids is 1. The number of amides is 1. The van der Waals surface area contributed by atoms with Gasteiger partial charge in [-0.1, -0.05) is 23.8 Å². The highest BCUT2D eigenvalue weighted by atomic mass is 16.2. The van der Waals surface area contributed by atoms with Crippen molar-refractivity contribution >= 4 is 5.91 Å². The zero-order valence-electron chi connectivity index (χ0n) is 12.1. The molecule has 1 heterocycles. The van der Waals surface area contributed by atoms with Gasteiger partial charge in [-0.2, -0.15) is 0 Å². The standard InChI is InChI=1S/C16H24N2O/c1-11-4-5-12(2)14(8-11)10-16(19)18-7-6-15(17)9-13(18)3/h4-5,8,13,15H,6-7,9-10,17H2,1-3H3/t13-,15-/m1/s1. The van der Waals surface area contributed by atoms with Gasteiger partial charge >= 0.3 is 0 Å². The fourth-order valence-corrected chi connectivity index (χ4v) is 2.83. The van der Waals surface area contributed by atoms with Gasteiger partial charge in [0.05, 0.1) is 6.42 Å². The first-order valence-electron chi connectivity index (χ1n) is 7.08. The van der Waals surface area contributed by atoms with E-state index in [4.69, 9.17) is 5.73 Å². The molecular weight excluding hydrogens is 236 g/mol. The molecule has 104 valence electrons. The van der Waals surface area contributed by atoms with Crippen LogP contribution < -0.4 is 5.73 Å². The number of nitrogens with zero attached hydrogens (tertiary/aromatic N) is 1. The van der Waals surface area contributed by atoms with Crippen LogP contribution in [0.25, 0.3) is 0 Å². The second kappa shape index (κ2) is 5.74. The summed E-state index contributed by atoms with van der Waals surface area (Å²) in [6, 6.07) is 6.81. The van der Waals surface area contributed by atoms with Crippen LogP contribution in [-0.4, -0.2) is 29.4 Å². The maximum absolute atomic E-state index is 12.4. The zero-order valence-corrected chi connectivity index (χ0v) is 12.1. The lowest BCUT2D eigenvalue weighted by Crippen LogP contribution is -2.48. The molecule has 0 radical (unpaired) electrons. The van der Waals surface area contributed by atoms with Gasteiger partial charge in [-0.15, -0.1) is 0 Å². The van der Waals surface area contributed by atoms with Gasteiger partial charge in [0.1, 0.15) is 0 Å². The largest absolute Gasteiger partial charge is 0.340 e. The molecule has 2 N–H and O–H groups in total. The molecular formula is C16H24N2O. The number of benzene rings is 1. The lowest BCUT2D eigenvalue weighted by atomic mass is 9.97. The van der Waals surface area contributed by atoms with Crippen molar-refractivity contribution in [1.82, 2.24) is 4.90 Å². The summed E-state index contributed by atoms with van der Waals surface area (Å²) in [6.45, 7) is 7.03. The minimum Gasteiger partial charge on any atom is -0.340 e. The van der Waals surface area contributed by atoms with Gasteiger partial charge in [-0.3, -0.25) is 4.79 Å². The summed E-state index contributed by atoms with van der Waals surface area (Å²) in [5.74, 6) is 0.230. The molecule has 0 aromatic heterocycles. The highest BCUT2D eigenvalue weighted by Crippen LogP contribution is 2.19. The molecule has 1 aromatic carbocycles. The summed E-state index contributed by atoms with van der Waals surface area (Å²) < 4.78 is 0. The topological polar surface area (TPSA) is 46.3 Å². The van der Waals surface area contributed by atoms with E-state index in [2.05, 4.69) is 39.0 Å². The van der Waals surface area contributed by atoms with Crippen molar-refractivity contribution < 1.29 is 4.79 Å². The van der Waals surface area contributed by atoms with Gasteiger partial charge < -0.3 is 10.6 Å². The van der Waals surface area contributed by atoms with Gasteiger partial charge in [-0.05, 0) is 44.7 Å². The SMILES string of the molecule is Cc1ccc(C)c(CC(=O)N2CC[C@@H](N)C[C@H]2C)c1.